The van der Waals surface area contributed by atoms with Gasteiger partial charge in [0, 0.05) is 52.6 Å². The predicted octanol–water partition coefficient (Wildman–Crippen LogP) is 0.182. The molecule has 0 aromatic rings. The molecule has 1 fully saturated rings. The van der Waals surface area contributed by atoms with Gasteiger partial charge in [-0.05, 0) is 5.92 Å². The molecule has 6 heteroatoms. The maximum Gasteiger partial charge on any atom is 0.224 e. The molecule has 0 unspecified atom stereocenters. The fourth-order valence-corrected chi connectivity index (χ4v) is 2.28. The maximum atomic E-state index is 12.1. The Balaban J connectivity index is 2.38. The smallest absolute Gasteiger partial charge is 0.224 e. The highest BCUT2D eigenvalue weighted by molar-refractivity contribution is 5.78. The molecule has 0 bridgehead atoms. The van der Waals surface area contributed by atoms with Crippen LogP contribution in [0.4, 0.5) is 0 Å². The number of rotatable bonds is 6. The lowest BCUT2D eigenvalue weighted by Crippen LogP contribution is -2.48. The highest BCUT2D eigenvalue weighted by Crippen LogP contribution is 2.05. The van der Waals surface area contributed by atoms with Crippen LogP contribution in [0, 0.1) is 5.92 Å². The van der Waals surface area contributed by atoms with Gasteiger partial charge in [-0.25, -0.2) is 0 Å². The Bertz CT molecular complexity index is 350. The third-order valence-corrected chi connectivity index (χ3v) is 3.44. The van der Waals surface area contributed by atoms with Gasteiger partial charge in [-0.2, -0.15) is 0 Å². The average Bonchev–Trinajstić information content (AvgIpc) is 2.42. The monoisotopic (exact) mass is 283 g/mol. The van der Waals surface area contributed by atoms with Gasteiger partial charge >= 0.3 is 0 Å². The first-order valence-electron chi connectivity index (χ1n) is 7.16. The Kier molecular flexibility index (Phi) is 6.48. The number of hydrogen-bond donors (Lipinski definition) is 0. The summed E-state index contributed by atoms with van der Waals surface area (Å²) in [5.41, 5.74) is 0. The molecular weight excluding hydrogens is 258 g/mol. The lowest BCUT2D eigenvalue weighted by atomic mass is 10.2. The molecular formula is C14H25N3O3. The van der Waals surface area contributed by atoms with Crippen molar-refractivity contribution in [2.45, 2.75) is 27.2 Å². The number of carbonyl (C=O) groups is 3. The number of hydrogen-bond acceptors (Lipinski definition) is 3. The molecule has 1 saturated heterocycles. The quantitative estimate of drug-likeness (QED) is 0.653. The van der Waals surface area contributed by atoms with Crippen LogP contribution < -0.4 is 0 Å². The molecule has 0 atom stereocenters. The zero-order valence-corrected chi connectivity index (χ0v) is 12.7. The van der Waals surface area contributed by atoms with E-state index in [0.717, 1.165) is 6.41 Å². The second-order valence-electron chi connectivity index (χ2n) is 5.63. The zero-order valence-electron chi connectivity index (χ0n) is 12.7. The van der Waals surface area contributed by atoms with Crippen molar-refractivity contribution in [2.24, 2.45) is 5.92 Å². The highest BCUT2D eigenvalue weighted by atomic mass is 16.2. The van der Waals surface area contributed by atoms with Gasteiger partial charge < -0.3 is 14.7 Å². The Morgan fingerprint density at radius 2 is 1.80 bits per heavy atom. The number of carbonyl (C=O) groups excluding carboxylic acids is 3. The zero-order chi connectivity index (χ0) is 15.1. The Hall–Kier alpha value is -1.59. The molecule has 0 aromatic heterocycles. The van der Waals surface area contributed by atoms with E-state index in [9.17, 15) is 14.4 Å². The average molecular weight is 283 g/mol. The van der Waals surface area contributed by atoms with Crippen LogP contribution in [0.1, 0.15) is 27.2 Å². The second kappa shape index (κ2) is 7.87. The maximum absolute atomic E-state index is 12.1. The molecule has 3 amide bonds. The van der Waals surface area contributed by atoms with Crippen molar-refractivity contribution in [3.63, 3.8) is 0 Å². The first kappa shape index (κ1) is 16.5. The van der Waals surface area contributed by atoms with Gasteiger partial charge in [-0.1, -0.05) is 13.8 Å². The summed E-state index contributed by atoms with van der Waals surface area (Å²) >= 11 is 0. The molecule has 0 aromatic carbocycles. The third-order valence-electron chi connectivity index (χ3n) is 3.44. The van der Waals surface area contributed by atoms with E-state index in [4.69, 9.17) is 0 Å². The highest BCUT2D eigenvalue weighted by Gasteiger charge is 2.21. The first-order valence-corrected chi connectivity index (χ1v) is 7.16. The summed E-state index contributed by atoms with van der Waals surface area (Å²) in [6, 6.07) is 0. The molecule has 1 aliphatic heterocycles. The van der Waals surface area contributed by atoms with Crippen LogP contribution in [-0.2, 0) is 14.4 Å². The molecule has 0 saturated carbocycles. The normalized spacial score (nSPS) is 15.4. The van der Waals surface area contributed by atoms with Crippen LogP contribution in [0.3, 0.4) is 0 Å². The second-order valence-corrected chi connectivity index (χ2v) is 5.63. The van der Waals surface area contributed by atoms with Gasteiger partial charge in [0.2, 0.25) is 18.2 Å². The minimum Gasteiger partial charge on any atom is -0.342 e. The number of piperazine rings is 1. The molecule has 6 nitrogen and oxygen atoms in total. The van der Waals surface area contributed by atoms with Crippen LogP contribution in [0.15, 0.2) is 0 Å². The fourth-order valence-electron chi connectivity index (χ4n) is 2.28. The molecule has 20 heavy (non-hydrogen) atoms. The summed E-state index contributed by atoms with van der Waals surface area (Å²) in [6.07, 6.45) is 1.18. The Labute approximate surface area is 120 Å². The van der Waals surface area contributed by atoms with Gasteiger partial charge in [-0.3, -0.25) is 14.4 Å². The third kappa shape index (κ3) is 5.19. The lowest BCUT2D eigenvalue weighted by molar-refractivity contribution is -0.136. The van der Waals surface area contributed by atoms with Crippen LogP contribution in [0.2, 0.25) is 0 Å². The van der Waals surface area contributed by atoms with Crippen molar-refractivity contribution in [3.8, 4) is 0 Å². The lowest BCUT2D eigenvalue weighted by Gasteiger charge is -2.33. The van der Waals surface area contributed by atoms with Crippen molar-refractivity contribution in [1.29, 1.82) is 0 Å². The van der Waals surface area contributed by atoms with Gasteiger partial charge in [-0.15, -0.1) is 0 Å². The summed E-state index contributed by atoms with van der Waals surface area (Å²) in [5.74, 6) is 0.466. The standard InChI is InChI=1S/C14H25N3O3/c1-12(2)10-17(13(3)19)5-4-14(20)16-8-6-15(11-18)7-9-16/h11-12H,4-10H2,1-3H3. The van der Waals surface area contributed by atoms with Crippen molar-refractivity contribution >= 4 is 18.2 Å². The summed E-state index contributed by atoms with van der Waals surface area (Å²) < 4.78 is 0. The van der Waals surface area contributed by atoms with Gasteiger partial charge in [0.25, 0.3) is 0 Å². The van der Waals surface area contributed by atoms with Crippen LogP contribution >= 0.6 is 0 Å². The van der Waals surface area contributed by atoms with Crippen LogP contribution in [-0.4, -0.2) is 72.2 Å². The van der Waals surface area contributed by atoms with Crippen molar-refractivity contribution < 1.29 is 14.4 Å². The molecule has 114 valence electrons. The topological polar surface area (TPSA) is 60.9 Å². The van der Waals surface area contributed by atoms with Gasteiger partial charge in [0.05, 0.1) is 0 Å². The first-order chi connectivity index (χ1) is 9.43. The Morgan fingerprint density at radius 1 is 1.20 bits per heavy atom. The summed E-state index contributed by atoms with van der Waals surface area (Å²) in [7, 11) is 0. The largest absolute Gasteiger partial charge is 0.342 e. The van der Waals surface area contributed by atoms with E-state index in [-0.39, 0.29) is 11.8 Å². The molecule has 1 aliphatic rings. The van der Waals surface area contributed by atoms with Crippen LogP contribution in [0.5, 0.6) is 0 Å². The van der Waals surface area contributed by atoms with E-state index in [1.165, 1.54) is 6.92 Å². The number of amides is 3. The molecule has 1 rings (SSSR count). The summed E-state index contributed by atoms with van der Waals surface area (Å²) in [6.45, 7) is 9.16. The van der Waals surface area contributed by atoms with E-state index in [0.29, 0.717) is 51.6 Å². The SMILES string of the molecule is CC(=O)N(CCC(=O)N1CCN(C=O)CC1)CC(C)C. The number of nitrogens with zero attached hydrogens (tertiary/aromatic N) is 3. The molecule has 0 spiro atoms. The van der Waals surface area contributed by atoms with Crippen LogP contribution in [0.25, 0.3) is 0 Å². The van der Waals surface area contributed by atoms with E-state index < -0.39 is 0 Å². The predicted molar refractivity (Wildman–Crippen MR) is 75.9 cm³/mol. The summed E-state index contributed by atoms with van der Waals surface area (Å²) in [5, 5.41) is 0. The molecule has 1 heterocycles. The van der Waals surface area contributed by atoms with Crippen molar-refractivity contribution in [1.82, 2.24) is 14.7 Å². The van der Waals surface area contributed by atoms with Crippen molar-refractivity contribution in [2.75, 3.05) is 39.3 Å². The minimum absolute atomic E-state index is 0.0114. The van der Waals surface area contributed by atoms with Gasteiger partial charge in [0.1, 0.15) is 0 Å². The van der Waals surface area contributed by atoms with Crippen molar-refractivity contribution in [3.05, 3.63) is 0 Å². The van der Waals surface area contributed by atoms with E-state index >= 15 is 0 Å². The van der Waals surface area contributed by atoms with E-state index in [1.54, 1.807) is 14.7 Å². The fraction of sp³-hybridized carbons (Fsp3) is 0.786. The minimum atomic E-state index is 0.0114. The van der Waals surface area contributed by atoms with E-state index in [2.05, 4.69) is 13.8 Å². The Morgan fingerprint density at radius 3 is 2.25 bits per heavy atom. The molecule has 0 aliphatic carbocycles. The van der Waals surface area contributed by atoms with Gasteiger partial charge in [0.15, 0.2) is 0 Å². The van der Waals surface area contributed by atoms with E-state index in [1.807, 2.05) is 0 Å². The molecule has 0 N–H and O–H groups in total. The summed E-state index contributed by atoms with van der Waals surface area (Å²) in [4.78, 5) is 39.4. The molecule has 0 radical (unpaired) electrons.